The molecule has 0 aromatic heterocycles. The molecule has 0 bridgehead atoms. The second kappa shape index (κ2) is 7.44. The van der Waals surface area contributed by atoms with Crippen LogP contribution in [0.5, 0.6) is 0 Å². The van der Waals surface area contributed by atoms with Gasteiger partial charge in [0.05, 0.1) is 0 Å². The minimum atomic E-state index is -0.555. The third-order valence-electron chi connectivity index (χ3n) is 3.19. The van der Waals surface area contributed by atoms with Crippen LogP contribution in [0.3, 0.4) is 0 Å². The normalized spacial score (nSPS) is 13.0. The molecule has 1 rings (SSSR count). The summed E-state index contributed by atoms with van der Waals surface area (Å²) in [6.07, 6.45) is 3.35. The maximum atomic E-state index is 13.7. The summed E-state index contributed by atoms with van der Waals surface area (Å²) in [6.45, 7) is 3.33. The first-order valence-corrected chi connectivity index (χ1v) is 6.45. The van der Waals surface area contributed by atoms with E-state index in [9.17, 15) is 8.78 Å². The summed E-state index contributed by atoms with van der Waals surface area (Å²) in [7, 11) is 1.93. The largest absolute Gasteiger partial charge is 0.329 e. The zero-order valence-corrected chi connectivity index (χ0v) is 11.1. The molecule has 2 N–H and O–H groups in total. The zero-order chi connectivity index (χ0) is 13.5. The third kappa shape index (κ3) is 4.03. The van der Waals surface area contributed by atoms with Crippen LogP contribution in [0, 0.1) is 11.6 Å². The molecule has 4 heteroatoms. The minimum Gasteiger partial charge on any atom is -0.329 e. The summed E-state index contributed by atoms with van der Waals surface area (Å²) in [6, 6.07) is 3.49. The van der Waals surface area contributed by atoms with Crippen molar-refractivity contribution in [1.29, 1.82) is 0 Å². The van der Waals surface area contributed by atoms with E-state index in [-0.39, 0.29) is 6.04 Å². The fourth-order valence-electron chi connectivity index (χ4n) is 2.08. The summed E-state index contributed by atoms with van der Waals surface area (Å²) in [5, 5.41) is 0. The lowest BCUT2D eigenvalue weighted by Crippen LogP contribution is -2.32. The van der Waals surface area contributed by atoms with Crippen LogP contribution in [0.4, 0.5) is 8.78 Å². The number of rotatable bonds is 7. The molecule has 0 radical (unpaired) electrons. The Morgan fingerprint density at radius 1 is 1.28 bits per heavy atom. The van der Waals surface area contributed by atoms with Gasteiger partial charge in [0.15, 0.2) is 0 Å². The van der Waals surface area contributed by atoms with Gasteiger partial charge < -0.3 is 5.73 Å². The monoisotopic (exact) mass is 256 g/mol. The highest BCUT2D eigenvalue weighted by molar-refractivity contribution is 5.22. The number of unbranched alkanes of at least 4 members (excludes halogenated alkanes) is 2. The summed E-state index contributed by atoms with van der Waals surface area (Å²) in [5.74, 6) is -1.08. The number of hydrogen-bond donors (Lipinski definition) is 1. The highest BCUT2D eigenvalue weighted by Crippen LogP contribution is 2.22. The Hall–Kier alpha value is -1.00. The summed E-state index contributed by atoms with van der Waals surface area (Å²) in [4.78, 5) is 2.03. The molecule has 1 unspecified atom stereocenters. The molecule has 102 valence electrons. The second-order valence-electron chi connectivity index (χ2n) is 4.61. The molecular formula is C14H22F2N2. The Morgan fingerprint density at radius 2 is 2.00 bits per heavy atom. The summed E-state index contributed by atoms with van der Waals surface area (Å²) in [5.41, 5.74) is 6.19. The summed E-state index contributed by atoms with van der Waals surface area (Å²) >= 11 is 0. The number of benzene rings is 1. The molecule has 0 amide bonds. The lowest BCUT2D eigenvalue weighted by molar-refractivity contribution is 0.240. The molecular weight excluding hydrogens is 234 g/mol. The van der Waals surface area contributed by atoms with Gasteiger partial charge >= 0.3 is 0 Å². The van der Waals surface area contributed by atoms with Crippen LogP contribution >= 0.6 is 0 Å². The lowest BCUT2D eigenvalue weighted by Gasteiger charge is -2.27. The van der Waals surface area contributed by atoms with E-state index >= 15 is 0 Å². The van der Waals surface area contributed by atoms with E-state index in [1.807, 2.05) is 11.9 Å². The van der Waals surface area contributed by atoms with E-state index in [0.717, 1.165) is 31.9 Å². The number of halogens is 2. The van der Waals surface area contributed by atoms with E-state index in [4.69, 9.17) is 5.73 Å². The van der Waals surface area contributed by atoms with Crippen molar-refractivity contribution in [2.24, 2.45) is 5.73 Å². The Bertz CT molecular complexity index is 369. The van der Waals surface area contributed by atoms with Crippen molar-refractivity contribution in [2.75, 3.05) is 20.1 Å². The quantitative estimate of drug-likeness (QED) is 0.760. The van der Waals surface area contributed by atoms with Crippen LogP contribution in [0.25, 0.3) is 0 Å². The zero-order valence-electron chi connectivity index (χ0n) is 11.1. The van der Waals surface area contributed by atoms with Crippen molar-refractivity contribution in [1.82, 2.24) is 4.90 Å². The highest BCUT2D eigenvalue weighted by atomic mass is 19.1. The first kappa shape index (κ1) is 15.1. The minimum absolute atomic E-state index is 0.192. The fourth-order valence-corrected chi connectivity index (χ4v) is 2.08. The molecule has 0 aliphatic carbocycles. The van der Waals surface area contributed by atoms with Gasteiger partial charge in [-0.25, -0.2) is 8.78 Å². The topological polar surface area (TPSA) is 29.3 Å². The maximum Gasteiger partial charge on any atom is 0.130 e. The third-order valence-corrected chi connectivity index (χ3v) is 3.19. The van der Waals surface area contributed by atoms with E-state index in [1.165, 1.54) is 12.1 Å². The van der Waals surface area contributed by atoms with Crippen LogP contribution in [-0.2, 0) is 0 Å². The average molecular weight is 256 g/mol. The van der Waals surface area contributed by atoms with Gasteiger partial charge in [0.25, 0.3) is 0 Å². The van der Waals surface area contributed by atoms with E-state index in [1.54, 1.807) is 0 Å². The fraction of sp³-hybridized carbons (Fsp3) is 0.571. The molecule has 0 saturated carbocycles. The molecule has 0 saturated heterocycles. The Balaban J connectivity index is 2.75. The van der Waals surface area contributed by atoms with Crippen LogP contribution < -0.4 is 5.73 Å². The second-order valence-corrected chi connectivity index (χ2v) is 4.61. The molecule has 0 fully saturated rings. The molecule has 1 atom stereocenters. The molecule has 0 aliphatic heterocycles. The maximum absolute atomic E-state index is 13.7. The predicted molar refractivity (Wildman–Crippen MR) is 70.3 cm³/mol. The molecule has 2 nitrogen and oxygen atoms in total. The SMILES string of the molecule is CCCCCN(C)C(CN)c1ccc(F)cc1F. The lowest BCUT2D eigenvalue weighted by atomic mass is 10.0. The van der Waals surface area contributed by atoms with Crippen molar-refractivity contribution in [2.45, 2.75) is 32.2 Å². The Morgan fingerprint density at radius 3 is 2.56 bits per heavy atom. The van der Waals surface area contributed by atoms with E-state index in [2.05, 4.69) is 6.92 Å². The van der Waals surface area contributed by atoms with Crippen molar-refractivity contribution in [3.63, 3.8) is 0 Å². The van der Waals surface area contributed by atoms with Gasteiger partial charge in [0, 0.05) is 24.2 Å². The number of nitrogens with zero attached hydrogens (tertiary/aromatic N) is 1. The van der Waals surface area contributed by atoms with Crippen LogP contribution in [0.15, 0.2) is 18.2 Å². The van der Waals surface area contributed by atoms with Gasteiger partial charge in [-0.15, -0.1) is 0 Å². The van der Waals surface area contributed by atoms with Crippen molar-refractivity contribution in [3.8, 4) is 0 Å². The van der Waals surface area contributed by atoms with Crippen LogP contribution in [0.1, 0.15) is 37.8 Å². The van der Waals surface area contributed by atoms with Crippen molar-refractivity contribution in [3.05, 3.63) is 35.4 Å². The van der Waals surface area contributed by atoms with Gasteiger partial charge in [-0.2, -0.15) is 0 Å². The van der Waals surface area contributed by atoms with Crippen molar-refractivity contribution < 1.29 is 8.78 Å². The number of likely N-dealkylation sites (N-methyl/N-ethyl adjacent to an activating group) is 1. The standard InChI is InChI=1S/C14H22F2N2/c1-3-4-5-8-18(2)14(10-17)12-7-6-11(15)9-13(12)16/h6-7,9,14H,3-5,8,10,17H2,1-2H3. The molecule has 0 aliphatic rings. The summed E-state index contributed by atoms with van der Waals surface area (Å²) < 4.78 is 26.6. The van der Waals surface area contributed by atoms with Gasteiger partial charge in [0.1, 0.15) is 11.6 Å². The van der Waals surface area contributed by atoms with Crippen molar-refractivity contribution >= 4 is 0 Å². The Labute approximate surface area is 108 Å². The van der Waals surface area contributed by atoms with Gasteiger partial charge in [-0.05, 0) is 26.1 Å². The molecule has 1 aromatic rings. The van der Waals surface area contributed by atoms with E-state index in [0.29, 0.717) is 12.1 Å². The average Bonchev–Trinajstić information content (AvgIpc) is 2.33. The highest BCUT2D eigenvalue weighted by Gasteiger charge is 2.18. The first-order chi connectivity index (χ1) is 8.60. The van der Waals surface area contributed by atoms with Crippen LogP contribution in [0.2, 0.25) is 0 Å². The molecule has 0 heterocycles. The van der Waals surface area contributed by atoms with Gasteiger partial charge in [0.2, 0.25) is 0 Å². The Kier molecular flexibility index (Phi) is 6.22. The molecule has 0 spiro atoms. The first-order valence-electron chi connectivity index (χ1n) is 6.45. The number of hydrogen-bond acceptors (Lipinski definition) is 2. The molecule has 1 aromatic carbocycles. The smallest absolute Gasteiger partial charge is 0.130 e. The molecule has 18 heavy (non-hydrogen) atoms. The van der Waals surface area contributed by atoms with Crippen LogP contribution in [-0.4, -0.2) is 25.0 Å². The van der Waals surface area contributed by atoms with E-state index < -0.39 is 11.6 Å². The predicted octanol–water partition coefficient (Wildman–Crippen LogP) is 3.09. The number of nitrogens with two attached hydrogens (primary N) is 1. The van der Waals surface area contributed by atoms with Gasteiger partial charge in [-0.1, -0.05) is 25.8 Å². The van der Waals surface area contributed by atoms with Gasteiger partial charge in [-0.3, -0.25) is 4.90 Å².